The number of piperazine rings is 1. The van der Waals surface area contributed by atoms with E-state index in [0.717, 1.165) is 31.2 Å². The van der Waals surface area contributed by atoms with Crippen LogP contribution in [0.15, 0.2) is 11.6 Å². The van der Waals surface area contributed by atoms with E-state index in [0.29, 0.717) is 19.1 Å². The number of allylic oxidation sites excluding steroid dienone is 1. The lowest BCUT2D eigenvalue weighted by atomic mass is 10.1. The van der Waals surface area contributed by atoms with E-state index in [2.05, 4.69) is 17.9 Å². The van der Waals surface area contributed by atoms with E-state index < -0.39 is 5.60 Å². The summed E-state index contributed by atoms with van der Waals surface area (Å²) >= 11 is 0. The Hall–Kier alpha value is -1.36. The van der Waals surface area contributed by atoms with Crippen molar-refractivity contribution in [3.8, 4) is 0 Å². The first-order valence-corrected chi connectivity index (χ1v) is 7.69. The highest BCUT2D eigenvalue weighted by molar-refractivity contribution is 5.74. The van der Waals surface area contributed by atoms with Crippen LogP contribution in [0.5, 0.6) is 0 Å². The summed E-state index contributed by atoms with van der Waals surface area (Å²) in [5.74, 6) is 0. The smallest absolute Gasteiger partial charge is 0.410 e. The molecule has 2 rings (SSSR count). The summed E-state index contributed by atoms with van der Waals surface area (Å²) in [6.45, 7) is 9.96. The molecule has 0 aromatic rings. The summed E-state index contributed by atoms with van der Waals surface area (Å²) < 4.78 is 5.43. The molecule has 2 atom stereocenters. The minimum atomic E-state index is -0.454. The molecule has 0 unspecified atom stereocenters. The second kappa shape index (κ2) is 6.18. The molecule has 5 heteroatoms. The number of rotatable bonds is 2. The van der Waals surface area contributed by atoms with E-state index in [1.165, 1.54) is 0 Å². The first-order valence-electron chi connectivity index (χ1n) is 7.69. The van der Waals surface area contributed by atoms with Crippen LogP contribution in [0.25, 0.3) is 0 Å². The number of hydrogen-bond donors (Lipinski definition) is 0. The number of aldehydes is 1. The Balaban J connectivity index is 1.92. The van der Waals surface area contributed by atoms with Crippen LogP contribution in [0.1, 0.15) is 40.5 Å². The Morgan fingerprint density at radius 2 is 2.10 bits per heavy atom. The lowest BCUT2D eigenvalue weighted by Crippen LogP contribution is -2.56. The van der Waals surface area contributed by atoms with Crippen molar-refractivity contribution in [1.29, 1.82) is 0 Å². The van der Waals surface area contributed by atoms with E-state index in [9.17, 15) is 9.59 Å². The number of carbonyl (C=O) groups excluding carboxylic acids is 2. The van der Waals surface area contributed by atoms with Gasteiger partial charge in [-0.1, -0.05) is 6.08 Å². The third kappa shape index (κ3) is 4.06. The summed E-state index contributed by atoms with van der Waals surface area (Å²) in [7, 11) is 0. The fourth-order valence-corrected chi connectivity index (χ4v) is 3.04. The number of amides is 1. The molecule has 1 saturated heterocycles. The molecule has 0 aromatic heterocycles. The van der Waals surface area contributed by atoms with Crippen molar-refractivity contribution in [2.75, 3.05) is 19.6 Å². The van der Waals surface area contributed by atoms with Crippen LogP contribution < -0.4 is 0 Å². The first kappa shape index (κ1) is 16.0. The van der Waals surface area contributed by atoms with Crippen molar-refractivity contribution in [3.63, 3.8) is 0 Å². The highest BCUT2D eigenvalue weighted by atomic mass is 16.6. The molecular weight excluding hydrogens is 268 g/mol. The molecule has 1 aliphatic heterocycles. The second-order valence-corrected chi connectivity index (χ2v) is 6.98. The van der Waals surface area contributed by atoms with Gasteiger partial charge in [-0.15, -0.1) is 0 Å². The molecule has 0 bridgehead atoms. The van der Waals surface area contributed by atoms with E-state index in [1.807, 2.05) is 20.8 Å². The number of nitrogens with zero attached hydrogens (tertiary/aromatic N) is 2. The summed E-state index contributed by atoms with van der Waals surface area (Å²) in [5.41, 5.74) is 0.451. The molecular formula is C16H26N2O3. The van der Waals surface area contributed by atoms with Gasteiger partial charge in [-0.25, -0.2) is 4.79 Å². The molecule has 2 aliphatic rings. The zero-order valence-electron chi connectivity index (χ0n) is 13.5. The molecule has 0 spiro atoms. The molecule has 0 saturated carbocycles. The Kier molecular flexibility index (Phi) is 4.71. The van der Waals surface area contributed by atoms with Gasteiger partial charge in [0.25, 0.3) is 0 Å². The Labute approximate surface area is 126 Å². The molecule has 1 heterocycles. The molecule has 1 fully saturated rings. The molecule has 0 aromatic carbocycles. The highest BCUT2D eigenvalue weighted by Gasteiger charge is 2.33. The second-order valence-electron chi connectivity index (χ2n) is 6.98. The van der Waals surface area contributed by atoms with Crippen molar-refractivity contribution < 1.29 is 14.3 Å². The summed E-state index contributed by atoms with van der Waals surface area (Å²) in [4.78, 5) is 27.1. The SMILES string of the molecule is C[C@@H]1CN(C(=O)OC(C)(C)C)CCN1[C@@H]1C=C(C=O)CC1. The van der Waals surface area contributed by atoms with Crippen LogP contribution in [-0.4, -0.2) is 59.5 Å². The molecule has 5 nitrogen and oxygen atoms in total. The molecule has 21 heavy (non-hydrogen) atoms. The van der Waals surface area contributed by atoms with Crippen LogP contribution in [0.4, 0.5) is 4.79 Å². The van der Waals surface area contributed by atoms with Crippen LogP contribution in [0.3, 0.4) is 0 Å². The van der Waals surface area contributed by atoms with Gasteiger partial charge < -0.3 is 9.64 Å². The summed E-state index contributed by atoms with van der Waals surface area (Å²) in [6, 6.07) is 0.611. The number of carbonyl (C=O) groups is 2. The zero-order chi connectivity index (χ0) is 15.6. The van der Waals surface area contributed by atoms with E-state index >= 15 is 0 Å². The molecule has 118 valence electrons. The number of hydrogen-bond acceptors (Lipinski definition) is 4. The van der Waals surface area contributed by atoms with E-state index in [4.69, 9.17) is 4.74 Å². The van der Waals surface area contributed by atoms with Gasteiger partial charge in [-0.3, -0.25) is 9.69 Å². The predicted octanol–water partition coefficient (Wildman–Crippen LogP) is 2.22. The topological polar surface area (TPSA) is 49.9 Å². The van der Waals surface area contributed by atoms with Crippen LogP contribution in [0, 0.1) is 0 Å². The maximum atomic E-state index is 12.1. The van der Waals surface area contributed by atoms with E-state index in [-0.39, 0.29) is 12.1 Å². The number of ether oxygens (including phenoxy) is 1. The Morgan fingerprint density at radius 1 is 1.38 bits per heavy atom. The third-order valence-electron chi connectivity index (χ3n) is 4.04. The van der Waals surface area contributed by atoms with Crippen LogP contribution in [0.2, 0.25) is 0 Å². The average molecular weight is 294 g/mol. The largest absolute Gasteiger partial charge is 0.444 e. The first-order chi connectivity index (χ1) is 9.80. The highest BCUT2D eigenvalue weighted by Crippen LogP contribution is 2.25. The molecule has 0 radical (unpaired) electrons. The fraction of sp³-hybridized carbons (Fsp3) is 0.750. The minimum absolute atomic E-state index is 0.232. The van der Waals surface area contributed by atoms with Crippen molar-refractivity contribution in [2.45, 2.75) is 58.2 Å². The van der Waals surface area contributed by atoms with Gasteiger partial charge in [-0.2, -0.15) is 0 Å². The molecule has 1 amide bonds. The van der Waals surface area contributed by atoms with Gasteiger partial charge in [0.1, 0.15) is 11.9 Å². The van der Waals surface area contributed by atoms with Gasteiger partial charge in [0.2, 0.25) is 0 Å². The standard InChI is InChI=1S/C16H26N2O3/c1-12-10-17(15(20)21-16(2,3)4)7-8-18(12)14-6-5-13(9-14)11-19/h9,11-12,14H,5-8,10H2,1-4H3/t12-,14+/m1/s1. The van der Waals surface area contributed by atoms with Gasteiger partial charge >= 0.3 is 6.09 Å². The monoisotopic (exact) mass is 294 g/mol. The average Bonchev–Trinajstić information content (AvgIpc) is 2.85. The maximum Gasteiger partial charge on any atom is 0.410 e. The lowest BCUT2D eigenvalue weighted by Gasteiger charge is -2.42. The van der Waals surface area contributed by atoms with Crippen molar-refractivity contribution in [3.05, 3.63) is 11.6 Å². The van der Waals surface area contributed by atoms with Crippen molar-refractivity contribution in [1.82, 2.24) is 9.80 Å². The van der Waals surface area contributed by atoms with E-state index in [1.54, 1.807) is 4.90 Å². The Bertz CT molecular complexity index is 439. The lowest BCUT2D eigenvalue weighted by molar-refractivity contribution is -0.105. The predicted molar refractivity (Wildman–Crippen MR) is 81.1 cm³/mol. The van der Waals surface area contributed by atoms with Gasteiger partial charge in [0.15, 0.2) is 0 Å². The quantitative estimate of drug-likeness (QED) is 0.733. The summed E-state index contributed by atoms with van der Waals surface area (Å²) in [6.07, 6.45) is 4.68. The van der Waals surface area contributed by atoms with Gasteiger partial charge in [0.05, 0.1) is 0 Å². The molecule has 1 aliphatic carbocycles. The zero-order valence-corrected chi connectivity index (χ0v) is 13.5. The Morgan fingerprint density at radius 3 is 2.62 bits per heavy atom. The van der Waals surface area contributed by atoms with Crippen molar-refractivity contribution >= 4 is 12.4 Å². The van der Waals surface area contributed by atoms with Crippen LogP contribution >= 0.6 is 0 Å². The third-order valence-corrected chi connectivity index (χ3v) is 4.04. The van der Waals surface area contributed by atoms with Gasteiger partial charge in [-0.05, 0) is 46.1 Å². The summed E-state index contributed by atoms with van der Waals surface area (Å²) in [5, 5.41) is 0. The minimum Gasteiger partial charge on any atom is -0.444 e. The molecule has 0 N–H and O–H groups in total. The van der Waals surface area contributed by atoms with Crippen LogP contribution in [-0.2, 0) is 9.53 Å². The maximum absolute atomic E-state index is 12.1. The normalized spacial score (nSPS) is 27.4. The fourth-order valence-electron chi connectivity index (χ4n) is 3.04. The van der Waals surface area contributed by atoms with Crippen molar-refractivity contribution in [2.24, 2.45) is 0 Å². The van der Waals surface area contributed by atoms with Gasteiger partial charge in [0, 0.05) is 31.7 Å².